The lowest BCUT2D eigenvalue weighted by Crippen LogP contribution is -2.45. The maximum Gasteiger partial charge on any atom is 0.318 e. The number of nitrogens with zero attached hydrogens (tertiary/aromatic N) is 1. The van der Waals surface area contributed by atoms with Crippen LogP contribution in [0.5, 0.6) is 0 Å². The van der Waals surface area contributed by atoms with Crippen LogP contribution in [0.15, 0.2) is 0 Å². The van der Waals surface area contributed by atoms with E-state index in [9.17, 15) is 9.59 Å². The third kappa shape index (κ3) is 3.70. The SMILES string of the molecule is CCN(CCNC(=O)C(C)(C)C(=O)O)C1CC1. The van der Waals surface area contributed by atoms with Crippen molar-refractivity contribution in [1.82, 2.24) is 10.2 Å². The van der Waals surface area contributed by atoms with Gasteiger partial charge in [-0.3, -0.25) is 14.5 Å². The van der Waals surface area contributed by atoms with Gasteiger partial charge < -0.3 is 10.4 Å². The van der Waals surface area contributed by atoms with Crippen molar-refractivity contribution in [3.05, 3.63) is 0 Å². The van der Waals surface area contributed by atoms with E-state index in [1.54, 1.807) is 0 Å². The van der Waals surface area contributed by atoms with Crippen LogP contribution in [0.3, 0.4) is 0 Å². The quantitative estimate of drug-likeness (QED) is 0.645. The first kappa shape index (κ1) is 14.0. The van der Waals surface area contributed by atoms with Gasteiger partial charge in [0.05, 0.1) is 0 Å². The van der Waals surface area contributed by atoms with Crippen molar-refractivity contribution in [3.63, 3.8) is 0 Å². The van der Waals surface area contributed by atoms with Gasteiger partial charge in [0.1, 0.15) is 5.41 Å². The number of aliphatic carboxylic acids is 1. The van der Waals surface area contributed by atoms with Crippen molar-refractivity contribution in [3.8, 4) is 0 Å². The van der Waals surface area contributed by atoms with Crippen molar-refractivity contribution in [2.24, 2.45) is 5.41 Å². The summed E-state index contributed by atoms with van der Waals surface area (Å²) in [6.07, 6.45) is 2.48. The van der Waals surface area contributed by atoms with Gasteiger partial charge in [-0.25, -0.2) is 0 Å². The fraction of sp³-hybridized carbons (Fsp3) is 0.833. The van der Waals surface area contributed by atoms with Gasteiger partial charge in [0.2, 0.25) is 5.91 Å². The Bertz CT molecular complexity index is 298. The summed E-state index contributed by atoms with van der Waals surface area (Å²) in [5.74, 6) is -1.51. The second-order valence-electron chi connectivity index (χ2n) is 5.05. The molecule has 0 saturated heterocycles. The van der Waals surface area contributed by atoms with E-state index in [-0.39, 0.29) is 0 Å². The fourth-order valence-electron chi connectivity index (χ4n) is 1.67. The lowest BCUT2D eigenvalue weighted by atomic mass is 9.93. The zero-order valence-corrected chi connectivity index (χ0v) is 10.8. The first-order valence-corrected chi connectivity index (χ1v) is 6.15. The highest BCUT2D eigenvalue weighted by Gasteiger charge is 2.36. The van der Waals surface area contributed by atoms with Gasteiger partial charge in [-0.05, 0) is 33.2 Å². The van der Waals surface area contributed by atoms with Crippen molar-refractivity contribution >= 4 is 11.9 Å². The van der Waals surface area contributed by atoms with E-state index in [2.05, 4.69) is 17.1 Å². The minimum Gasteiger partial charge on any atom is -0.480 e. The molecular weight excluding hydrogens is 220 g/mol. The molecule has 0 bridgehead atoms. The molecule has 5 heteroatoms. The van der Waals surface area contributed by atoms with Gasteiger partial charge >= 0.3 is 5.97 Å². The van der Waals surface area contributed by atoms with Crippen molar-refractivity contribution in [1.29, 1.82) is 0 Å². The molecule has 0 unspecified atom stereocenters. The van der Waals surface area contributed by atoms with Gasteiger partial charge in [-0.15, -0.1) is 0 Å². The third-order valence-electron chi connectivity index (χ3n) is 3.26. The normalized spacial score (nSPS) is 16.0. The molecule has 0 aliphatic heterocycles. The number of rotatable bonds is 7. The Hall–Kier alpha value is -1.10. The van der Waals surface area contributed by atoms with Crippen LogP contribution in [0, 0.1) is 5.41 Å². The monoisotopic (exact) mass is 242 g/mol. The van der Waals surface area contributed by atoms with Gasteiger partial charge in [0, 0.05) is 19.1 Å². The highest BCUT2D eigenvalue weighted by molar-refractivity contribution is 6.00. The summed E-state index contributed by atoms with van der Waals surface area (Å²) in [5.41, 5.74) is -1.35. The zero-order chi connectivity index (χ0) is 13.1. The molecule has 0 heterocycles. The molecule has 0 aromatic carbocycles. The Morgan fingerprint density at radius 1 is 1.41 bits per heavy atom. The van der Waals surface area contributed by atoms with Crippen molar-refractivity contribution < 1.29 is 14.7 Å². The predicted molar refractivity (Wildman–Crippen MR) is 64.7 cm³/mol. The summed E-state index contributed by atoms with van der Waals surface area (Å²) in [7, 11) is 0. The fourth-order valence-corrected chi connectivity index (χ4v) is 1.67. The lowest BCUT2D eigenvalue weighted by Gasteiger charge is -2.22. The number of carbonyl (C=O) groups excluding carboxylic acids is 1. The molecule has 1 rings (SSSR count). The number of likely N-dealkylation sites (N-methyl/N-ethyl adjacent to an activating group) is 1. The molecule has 1 saturated carbocycles. The molecule has 1 amide bonds. The van der Waals surface area contributed by atoms with Crippen LogP contribution in [0.25, 0.3) is 0 Å². The summed E-state index contributed by atoms with van der Waals surface area (Å²) >= 11 is 0. The second-order valence-corrected chi connectivity index (χ2v) is 5.05. The first-order chi connectivity index (χ1) is 7.89. The number of hydrogen-bond acceptors (Lipinski definition) is 3. The maximum atomic E-state index is 11.7. The second kappa shape index (κ2) is 5.49. The minimum absolute atomic E-state index is 0.420. The molecule has 17 heavy (non-hydrogen) atoms. The predicted octanol–water partition coefficient (Wildman–Crippen LogP) is 0.698. The summed E-state index contributed by atoms with van der Waals surface area (Å²) in [6, 6.07) is 0.671. The van der Waals surface area contributed by atoms with Crippen LogP contribution in [0.2, 0.25) is 0 Å². The summed E-state index contributed by atoms with van der Waals surface area (Å²) < 4.78 is 0. The number of carbonyl (C=O) groups is 2. The van der Waals surface area contributed by atoms with E-state index >= 15 is 0 Å². The highest BCUT2D eigenvalue weighted by Crippen LogP contribution is 2.25. The van der Waals surface area contributed by atoms with E-state index in [1.807, 2.05) is 0 Å². The number of carboxylic acid groups (broad SMARTS) is 1. The molecule has 0 aromatic rings. The number of nitrogens with one attached hydrogen (secondary N) is 1. The molecule has 0 spiro atoms. The molecule has 0 atom stereocenters. The van der Waals surface area contributed by atoms with Gasteiger partial charge in [-0.1, -0.05) is 6.92 Å². The molecule has 1 aliphatic rings. The highest BCUT2D eigenvalue weighted by atomic mass is 16.4. The van der Waals surface area contributed by atoms with Crippen LogP contribution >= 0.6 is 0 Å². The average molecular weight is 242 g/mol. The average Bonchev–Trinajstić information content (AvgIpc) is 3.07. The molecule has 1 fully saturated rings. The Balaban J connectivity index is 2.30. The van der Waals surface area contributed by atoms with Crippen molar-refractivity contribution in [2.75, 3.05) is 19.6 Å². The Labute approximate surface area is 102 Å². The first-order valence-electron chi connectivity index (χ1n) is 6.15. The standard InChI is InChI=1S/C12H22N2O3/c1-4-14(9-5-6-9)8-7-13-10(15)12(2,3)11(16)17/h9H,4-8H2,1-3H3,(H,13,15)(H,16,17). The third-order valence-corrected chi connectivity index (χ3v) is 3.26. The van der Waals surface area contributed by atoms with E-state index in [4.69, 9.17) is 5.11 Å². The molecule has 2 N–H and O–H groups in total. The molecule has 5 nitrogen and oxygen atoms in total. The van der Waals surface area contributed by atoms with Gasteiger partial charge in [0.25, 0.3) is 0 Å². The van der Waals surface area contributed by atoms with E-state index in [1.165, 1.54) is 26.7 Å². The maximum absolute atomic E-state index is 11.7. The largest absolute Gasteiger partial charge is 0.480 e. The van der Waals surface area contributed by atoms with E-state index < -0.39 is 17.3 Å². The zero-order valence-electron chi connectivity index (χ0n) is 10.8. The lowest BCUT2D eigenvalue weighted by molar-refractivity contribution is -0.153. The van der Waals surface area contributed by atoms with Gasteiger partial charge in [-0.2, -0.15) is 0 Å². The Morgan fingerprint density at radius 3 is 2.41 bits per heavy atom. The van der Waals surface area contributed by atoms with Crippen LogP contribution in [-0.2, 0) is 9.59 Å². The number of carboxylic acids is 1. The van der Waals surface area contributed by atoms with Crippen LogP contribution in [0.1, 0.15) is 33.6 Å². The molecular formula is C12H22N2O3. The Kier molecular flexibility index (Phi) is 4.51. The molecule has 1 aliphatic carbocycles. The topological polar surface area (TPSA) is 69.6 Å². The smallest absolute Gasteiger partial charge is 0.318 e. The minimum atomic E-state index is -1.35. The van der Waals surface area contributed by atoms with Crippen LogP contribution in [-0.4, -0.2) is 47.6 Å². The van der Waals surface area contributed by atoms with Crippen LogP contribution in [0.4, 0.5) is 0 Å². The van der Waals surface area contributed by atoms with Crippen LogP contribution < -0.4 is 5.32 Å². The summed E-state index contributed by atoms with van der Waals surface area (Å²) in [6.45, 7) is 7.22. The number of amides is 1. The van der Waals surface area contributed by atoms with E-state index in [0.717, 1.165) is 13.1 Å². The van der Waals surface area contributed by atoms with E-state index in [0.29, 0.717) is 12.6 Å². The summed E-state index contributed by atoms with van der Waals surface area (Å²) in [5, 5.41) is 11.6. The molecule has 0 aromatic heterocycles. The molecule has 0 radical (unpaired) electrons. The van der Waals surface area contributed by atoms with Gasteiger partial charge in [0.15, 0.2) is 0 Å². The Morgan fingerprint density at radius 2 is 2.00 bits per heavy atom. The summed E-state index contributed by atoms with van der Waals surface area (Å²) in [4.78, 5) is 24.8. The molecule has 98 valence electrons. The number of hydrogen-bond donors (Lipinski definition) is 2. The van der Waals surface area contributed by atoms with Crippen molar-refractivity contribution in [2.45, 2.75) is 39.7 Å².